The average molecular weight is 819 g/mol. The summed E-state index contributed by atoms with van der Waals surface area (Å²) in [6.45, 7) is 3.12. The lowest BCUT2D eigenvalue weighted by Crippen LogP contribution is -2.17. The zero-order valence-electron chi connectivity index (χ0n) is 29.4. The van der Waals surface area contributed by atoms with Crippen molar-refractivity contribution in [1.82, 2.24) is 10.6 Å². The van der Waals surface area contributed by atoms with E-state index in [9.17, 15) is 45.5 Å². The summed E-state index contributed by atoms with van der Waals surface area (Å²) in [5.41, 5.74) is 0.176. The molecule has 56 heavy (non-hydrogen) atoms. The number of benzene rings is 4. The van der Waals surface area contributed by atoms with Gasteiger partial charge in [-0.2, -0.15) is 26.3 Å². The first-order valence-corrected chi connectivity index (χ1v) is 17.5. The summed E-state index contributed by atoms with van der Waals surface area (Å²) in [4.78, 5) is 46.1. The zero-order chi connectivity index (χ0) is 40.9. The summed E-state index contributed by atoms with van der Waals surface area (Å²) in [7, 11) is 2.69. The Kier molecular flexibility index (Phi) is 12.4. The molecule has 4 aromatic rings. The summed E-state index contributed by atoms with van der Waals surface area (Å²) in [5, 5.41) is 3.34. The summed E-state index contributed by atoms with van der Waals surface area (Å²) in [6.07, 6.45) is -6.19. The minimum absolute atomic E-state index is 0.0820. The largest absolute Gasteiger partial charge is 0.493 e. The maximum atomic E-state index is 13.3. The topological polar surface area (TPSA) is 129 Å². The molecule has 4 amide bonds. The monoisotopic (exact) mass is 818 g/mol. The SMILES string of the molecule is COc1cc(/C=C2\SC(=O)NC2=O)ccc1Oc1ccc(C)cc1C(F)(F)F.COc1cc(/C=C2\SC(=O)NC2=O)ccc1Oc1ccc(C)cc1C(F)(F)F. The number of alkyl halides is 6. The van der Waals surface area contributed by atoms with E-state index in [0.29, 0.717) is 22.3 Å². The fourth-order valence-electron chi connectivity index (χ4n) is 5.01. The molecule has 2 aliphatic rings. The molecule has 0 radical (unpaired) electrons. The second-order valence-corrected chi connectivity index (χ2v) is 13.8. The molecule has 2 N–H and O–H groups in total. The van der Waals surface area contributed by atoms with Gasteiger partial charge in [0.2, 0.25) is 0 Å². The lowest BCUT2D eigenvalue weighted by molar-refractivity contribution is -0.139. The molecular formula is C38H28F6N2O8S2. The van der Waals surface area contributed by atoms with Crippen LogP contribution in [0.4, 0.5) is 35.9 Å². The minimum Gasteiger partial charge on any atom is -0.493 e. The number of carbonyl (C=O) groups is 4. The number of aryl methyl sites for hydroxylation is 2. The van der Waals surface area contributed by atoms with E-state index in [4.69, 9.17) is 18.9 Å². The Morgan fingerprint density at radius 2 is 0.875 bits per heavy atom. The van der Waals surface area contributed by atoms with Gasteiger partial charge in [0.05, 0.1) is 35.2 Å². The number of nitrogens with one attached hydrogen (secondary N) is 2. The van der Waals surface area contributed by atoms with Crippen LogP contribution in [0.2, 0.25) is 0 Å². The third-order valence-corrected chi connectivity index (χ3v) is 9.20. The highest BCUT2D eigenvalue weighted by atomic mass is 32.2. The van der Waals surface area contributed by atoms with Crippen LogP contribution in [0.1, 0.15) is 33.4 Å². The van der Waals surface area contributed by atoms with Crippen molar-refractivity contribution in [2.75, 3.05) is 14.2 Å². The minimum atomic E-state index is -4.57. The molecule has 0 aromatic heterocycles. The van der Waals surface area contributed by atoms with E-state index in [1.165, 1.54) is 74.9 Å². The first-order valence-electron chi connectivity index (χ1n) is 15.9. The zero-order valence-corrected chi connectivity index (χ0v) is 31.1. The summed E-state index contributed by atoms with van der Waals surface area (Å²) >= 11 is 1.52. The Hall–Kier alpha value is -5.88. The number of imide groups is 2. The van der Waals surface area contributed by atoms with E-state index < -0.39 is 45.8 Å². The molecule has 0 bridgehead atoms. The van der Waals surface area contributed by atoms with Crippen molar-refractivity contribution >= 4 is 58.0 Å². The van der Waals surface area contributed by atoms with Crippen LogP contribution in [-0.4, -0.2) is 36.5 Å². The van der Waals surface area contributed by atoms with E-state index >= 15 is 0 Å². The molecule has 2 heterocycles. The van der Waals surface area contributed by atoms with E-state index in [-0.39, 0.29) is 44.3 Å². The van der Waals surface area contributed by atoms with E-state index in [0.717, 1.165) is 35.7 Å². The van der Waals surface area contributed by atoms with Gasteiger partial charge in [0.15, 0.2) is 23.0 Å². The highest BCUT2D eigenvalue weighted by molar-refractivity contribution is 8.18. The van der Waals surface area contributed by atoms with Gasteiger partial charge in [-0.3, -0.25) is 29.8 Å². The standard InChI is InChI=1S/2C19H14F3NO4S/c2*1-10-3-5-13(12(7-10)19(20,21)22)27-14-6-4-11(8-15(14)26-2)9-16-17(24)23-18(25)28-16/h2*3-9H,1-2H3,(H,23,24,25)/b2*16-9-. The Bertz CT molecular complexity index is 2130. The second-order valence-electron chi connectivity index (χ2n) is 11.7. The maximum absolute atomic E-state index is 13.3. The highest BCUT2D eigenvalue weighted by Crippen LogP contribution is 2.43. The third kappa shape index (κ3) is 10.2. The van der Waals surface area contributed by atoms with Gasteiger partial charge in [-0.25, -0.2) is 0 Å². The normalized spacial score (nSPS) is 15.7. The van der Waals surface area contributed by atoms with E-state index in [2.05, 4.69) is 10.6 Å². The predicted molar refractivity (Wildman–Crippen MR) is 197 cm³/mol. The molecule has 0 unspecified atom stereocenters. The van der Waals surface area contributed by atoms with Crippen molar-refractivity contribution in [3.63, 3.8) is 0 Å². The van der Waals surface area contributed by atoms with E-state index in [1.807, 2.05) is 0 Å². The molecule has 4 aromatic carbocycles. The third-order valence-electron chi connectivity index (χ3n) is 7.58. The van der Waals surface area contributed by atoms with Crippen molar-refractivity contribution in [2.45, 2.75) is 26.2 Å². The van der Waals surface area contributed by atoms with Gasteiger partial charge in [0.1, 0.15) is 11.5 Å². The number of hydrogen-bond acceptors (Lipinski definition) is 10. The van der Waals surface area contributed by atoms with Crippen LogP contribution >= 0.6 is 23.5 Å². The first kappa shape index (κ1) is 41.3. The van der Waals surface area contributed by atoms with Crippen molar-refractivity contribution in [2.24, 2.45) is 0 Å². The Labute approximate surface area is 323 Å². The lowest BCUT2D eigenvalue weighted by Gasteiger charge is -2.16. The van der Waals surface area contributed by atoms with Gasteiger partial charge >= 0.3 is 12.4 Å². The van der Waals surface area contributed by atoms with Crippen molar-refractivity contribution in [3.05, 3.63) is 116 Å². The van der Waals surface area contributed by atoms with E-state index in [1.54, 1.807) is 26.0 Å². The van der Waals surface area contributed by atoms with Crippen LogP contribution in [0.3, 0.4) is 0 Å². The number of thioether (sulfide) groups is 2. The second kappa shape index (κ2) is 16.9. The van der Waals surface area contributed by atoms with Crippen LogP contribution in [-0.2, 0) is 21.9 Å². The smallest absolute Gasteiger partial charge is 0.419 e. The molecule has 6 rings (SSSR count). The number of ether oxygens (including phenoxy) is 4. The van der Waals surface area contributed by atoms with Crippen LogP contribution in [0, 0.1) is 13.8 Å². The Balaban J connectivity index is 0.000000214. The van der Waals surface area contributed by atoms with Crippen molar-refractivity contribution in [1.29, 1.82) is 0 Å². The molecular weight excluding hydrogens is 791 g/mol. The lowest BCUT2D eigenvalue weighted by atomic mass is 10.1. The first-order chi connectivity index (χ1) is 26.3. The van der Waals surface area contributed by atoms with Crippen molar-refractivity contribution in [3.8, 4) is 34.5 Å². The van der Waals surface area contributed by atoms with Crippen LogP contribution in [0.25, 0.3) is 12.2 Å². The molecule has 0 saturated carbocycles. The molecule has 10 nitrogen and oxygen atoms in total. The molecule has 0 atom stereocenters. The molecule has 2 saturated heterocycles. The van der Waals surface area contributed by atoms with Gasteiger partial charge in [-0.1, -0.05) is 35.4 Å². The van der Waals surface area contributed by atoms with Crippen molar-refractivity contribution < 1.29 is 64.5 Å². The number of amides is 4. The highest BCUT2D eigenvalue weighted by Gasteiger charge is 2.36. The Morgan fingerprint density at radius 3 is 1.18 bits per heavy atom. The van der Waals surface area contributed by atoms with Gasteiger partial charge < -0.3 is 18.9 Å². The quantitative estimate of drug-likeness (QED) is 0.131. The predicted octanol–water partition coefficient (Wildman–Crippen LogP) is 10.3. The number of hydrogen-bond donors (Lipinski definition) is 2. The number of halogens is 6. The molecule has 0 aliphatic carbocycles. The Morgan fingerprint density at radius 1 is 0.518 bits per heavy atom. The summed E-state index contributed by atoms with van der Waals surface area (Å²) in [5.74, 6) is -1.20. The fourth-order valence-corrected chi connectivity index (χ4v) is 6.37. The molecule has 292 valence electrons. The maximum Gasteiger partial charge on any atom is 0.419 e. The van der Waals surface area contributed by atoms with Gasteiger partial charge in [-0.15, -0.1) is 0 Å². The van der Waals surface area contributed by atoms with Gasteiger partial charge in [-0.05, 0) is 109 Å². The molecule has 2 aliphatic heterocycles. The van der Waals surface area contributed by atoms with Crippen LogP contribution in [0.5, 0.6) is 34.5 Å². The number of carbonyl (C=O) groups excluding carboxylic acids is 4. The average Bonchev–Trinajstić information content (AvgIpc) is 3.62. The number of rotatable bonds is 8. The number of methoxy groups -OCH3 is 2. The van der Waals surface area contributed by atoms with Crippen LogP contribution < -0.4 is 29.6 Å². The summed E-state index contributed by atoms with van der Waals surface area (Å²) < 4.78 is 101. The molecule has 18 heteroatoms. The van der Waals surface area contributed by atoms with Crippen LogP contribution in [0.15, 0.2) is 82.6 Å². The van der Waals surface area contributed by atoms with Gasteiger partial charge in [0, 0.05) is 0 Å². The molecule has 2 fully saturated rings. The fraction of sp³-hybridized carbons (Fsp3) is 0.158. The molecule has 0 spiro atoms. The van der Waals surface area contributed by atoms with Gasteiger partial charge in [0.25, 0.3) is 22.3 Å². The summed E-state index contributed by atoms with van der Waals surface area (Å²) in [6, 6.07) is 16.5.